The SMILES string of the molecule is O=C1COc2ccc(Nc3nc(Nc4ccc(N5C[C@@H]6C[C@@H]5CO6)cc4)ncc3F)nc2N1. The van der Waals surface area contributed by atoms with Crippen LogP contribution in [-0.2, 0) is 9.53 Å². The van der Waals surface area contributed by atoms with Crippen LogP contribution in [0.3, 0.4) is 0 Å². The lowest BCUT2D eigenvalue weighted by atomic mass is 10.2. The molecule has 3 aliphatic heterocycles. The zero-order chi connectivity index (χ0) is 22.4. The lowest BCUT2D eigenvalue weighted by molar-refractivity contribution is -0.118. The molecule has 3 aromatic rings. The maximum Gasteiger partial charge on any atom is 0.263 e. The first-order valence-corrected chi connectivity index (χ1v) is 10.6. The molecule has 6 rings (SSSR count). The number of nitrogens with one attached hydrogen (secondary N) is 3. The van der Waals surface area contributed by atoms with Crippen LogP contribution in [0.4, 0.5) is 39.2 Å². The smallest absolute Gasteiger partial charge is 0.263 e. The second-order valence-corrected chi connectivity index (χ2v) is 8.06. The molecule has 3 N–H and O–H groups in total. The van der Waals surface area contributed by atoms with E-state index < -0.39 is 5.82 Å². The van der Waals surface area contributed by atoms with Crippen molar-refractivity contribution in [3.63, 3.8) is 0 Å². The van der Waals surface area contributed by atoms with E-state index in [1.807, 2.05) is 24.3 Å². The van der Waals surface area contributed by atoms with Crippen LogP contribution < -0.4 is 25.6 Å². The normalized spacial score (nSPS) is 20.8. The molecule has 1 aromatic carbocycles. The quantitative estimate of drug-likeness (QED) is 0.541. The Bertz CT molecular complexity index is 1220. The Balaban J connectivity index is 1.17. The second-order valence-electron chi connectivity index (χ2n) is 8.06. The zero-order valence-electron chi connectivity index (χ0n) is 17.4. The molecule has 10 nitrogen and oxygen atoms in total. The number of fused-ring (bicyclic) bond motifs is 3. The third-order valence-corrected chi connectivity index (χ3v) is 5.82. The Labute approximate surface area is 188 Å². The molecule has 2 bridgehead atoms. The van der Waals surface area contributed by atoms with Gasteiger partial charge in [-0.1, -0.05) is 0 Å². The van der Waals surface area contributed by atoms with Crippen molar-refractivity contribution in [3.05, 3.63) is 48.4 Å². The first-order valence-electron chi connectivity index (χ1n) is 10.6. The lowest BCUT2D eigenvalue weighted by Gasteiger charge is -2.29. The highest BCUT2D eigenvalue weighted by Gasteiger charge is 2.38. The van der Waals surface area contributed by atoms with Gasteiger partial charge in [-0.05, 0) is 42.8 Å². The third-order valence-electron chi connectivity index (χ3n) is 5.82. The summed E-state index contributed by atoms with van der Waals surface area (Å²) in [5.74, 6) is 0.259. The molecule has 5 heterocycles. The van der Waals surface area contributed by atoms with Gasteiger partial charge in [0.15, 0.2) is 29.8 Å². The fourth-order valence-corrected chi connectivity index (χ4v) is 4.25. The van der Waals surface area contributed by atoms with Crippen LogP contribution in [0.15, 0.2) is 42.6 Å². The number of halogens is 1. The van der Waals surface area contributed by atoms with Crippen molar-refractivity contribution in [2.24, 2.45) is 0 Å². The van der Waals surface area contributed by atoms with Crippen LogP contribution in [0.1, 0.15) is 6.42 Å². The Morgan fingerprint density at radius 2 is 2.00 bits per heavy atom. The Hall–Kier alpha value is -3.99. The van der Waals surface area contributed by atoms with Crippen molar-refractivity contribution >= 4 is 40.7 Å². The van der Waals surface area contributed by atoms with Gasteiger partial charge in [0, 0.05) is 17.9 Å². The molecule has 0 saturated carbocycles. The van der Waals surface area contributed by atoms with Crippen LogP contribution in [-0.4, -0.2) is 52.8 Å². The van der Waals surface area contributed by atoms with Gasteiger partial charge in [-0.2, -0.15) is 4.98 Å². The average Bonchev–Trinajstić information content (AvgIpc) is 3.45. The van der Waals surface area contributed by atoms with Crippen LogP contribution in [0.25, 0.3) is 0 Å². The van der Waals surface area contributed by atoms with Crippen LogP contribution in [0, 0.1) is 5.82 Å². The van der Waals surface area contributed by atoms with Gasteiger partial charge in [-0.15, -0.1) is 0 Å². The maximum atomic E-state index is 14.3. The van der Waals surface area contributed by atoms with Crippen molar-refractivity contribution in [2.75, 3.05) is 40.6 Å². The fraction of sp³-hybridized carbons (Fsp3) is 0.273. The number of ether oxygens (including phenoxy) is 2. The van der Waals surface area contributed by atoms with E-state index in [0.29, 0.717) is 23.7 Å². The van der Waals surface area contributed by atoms with Gasteiger partial charge < -0.3 is 30.3 Å². The van der Waals surface area contributed by atoms with Gasteiger partial charge in [-0.3, -0.25) is 4.79 Å². The van der Waals surface area contributed by atoms with E-state index in [2.05, 4.69) is 35.8 Å². The van der Waals surface area contributed by atoms with Crippen molar-refractivity contribution < 1.29 is 18.7 Å². The van der Waals surface area contributed by atoms with E-state index in [1.54, 1.807) is 12.1 Å². The monoisotopic (exact) mass is 449 g/mol. The van der Waals surface area contributed by atoms with Crippen LogP contribution in [0.2, 0.25) is 0 Å². The molecule has 0 aliphatic carbocycles. The first kappa shape index (κ1) is 19.7. The summed E-state index contributed by atoms with van der Waals surface area (Å²) in [5.41, 5.74) is 1.93. The summed E-state index contributed by atoms with van der Waals surface area (Å²) in [4.78, 5) is 26.4. The molecule has 2 aromatic heterocycles. The van der Waals surface area contributed by atoms with E-state index in [4.69, 9.17) is 9.47 Å². The Morgan fingerprint density at radius 3 is 2.79 bits per heavy atom. The number of pyridine rings is 1. The van der Waals surface area contributed by atoms with Gasteiger partial charge in [0.05, 0.1) is 24.9 Å². The summed E-state index contributed by atoms with van der Waals surface area (Å²) < 4.78 is 25.3. The van der Waals surface area contributed by atoms with Crippen molar-refractivity contribution in [1.29, 1.82) is 0 Å². The molecular weight excluding hydrogens is 429 g/mol. The van der Waals surface area contributed by atoms with Crippen molar-refractivity contribution in [2.45, 2.75) is 18.6 Å². The van der Waals surface area contributed by atoms with Crippen LogP contribution in [0.5, 0.6) is 5.75 Å². The molecule has 2 atom stereocenters. The van der Waals surface area contributed by atoms with E-state index in [1.165, 1.54) is 0 Å². The number of hydrogen-bond acceptors (Lipinski definition) is 9. The number of carbonyl (C=O) groups excluding carboxylic acids is 1. The Kier molecular flexibility index (Phi) is 4.68. The predicted molar refractivity (Wildman–Crippen MR) is 119 cm³/mol. The number of anilines is 6. The minimum atomic E-state index is -0.637. The largest absolute Gasteiger partial charge is 0.480 e. The molecule has 0 radical (unpaired) electrons. The zero-order valence-corrected chi connectivity index (χ0v) is 17.4. The maximum absolute atomic E-state index is 14.3. The number of nitrogens with zero attached hydrogens (tertiary/aromatic N) is 4. The van der Waals surface area contributed by atoms with E-state index in [-0.39, 0.29) is 30.1 Å². The van der Waals surface area contributed by atoms with Gasteiger partial charge >= 0.3 is 0 Å². The summed E-state index contributed by atoms with van der Waals surface area (Å²) in [6.45, 7) is 1.63. The number of amides is 1. The highest BCUT2D eigenvalue weighted by atomic mass is 19.1. The third kappa shape index (κ3) is 3.87. The summed E-state index contributed by atoms with van der Waals surface area (Å²) in [7, 11) is 0. The molecule has 2 saturated heterocycles. The minimum Gasteiger partial charge on any atom is -0.480 e. The summed E-state index contributed by atoms with van der Waals surface area (Å²) in [5, 5.41) is 8.53. The lowest BCUT2D eigenvalue weighted by Crippen LogP contribution is -2.36. The van der Waals surface area contributed by atoms with Crippen molar-refractivity contribution in [1.82, 2.24) is 15.0 Å². The first-order chi connectivity index (χ1) is 16.1. The van der Waals surface area contributed by atoms with Gasteiger partial charge in [0.2, 0.25) is 5.95 Å². The van der Waals surface area contributed by atoms with Gasteiger partial charge in [0.1, 0.15) is 5.82 Å². The summed E-state index contributed by atoms with van der Waals surface area (Å²) in [6.07, 6.45) is 2.49. The van der Waals surface area contributed by atoms with E-state index >= 15 is 0 Å². The Morgan fingerprint density at radius 1 is 1.12 bits per heavy atom. The molecule has 3 aliphatic rings. The van der Waals surface area contributed by atoms with Crippen molar-refractivity contribution in [3.8, 4) is 5.75 Å². The molecule has 11 heteroatoms. The fourth-order valence-electron chi connectivity index (χ4n) is 4.25. The molecule has 0 spiro atoms. The number of benzene rings is 1. The molecule has 168 valence electrons. The minimum absolute atomic E-state index is 0.0484. The second kappa shape index (κ2) is 7.85. The molecule has 33 heavy (non-hydrogen) atoms. The van der Waals surface area contributed by atoms with E-state index in [0.717, 1.165) is 37.1 Å². The number of carbonyl (C=O) groups is 1. The summed E-state index contributed by atoms with van der Waals surface area (Å²) >= 11 is 0. The highest BCUT2D eigenvalue weighted by molar-refractivity contribution is 5.94. The van der Waals surface area contributed by atoms with Crippen LogP contribution >= 0.6 is 0 Å². The number of aromatic nitrogens is 3. The molecule has 0 unspecified atom stereocenters. The molecule has 2 fully saturated rings. The summed E-state index contributed by atoms with van der Waals surface area (Å²) in [6, 6.07) is 11.7. The van der Waals surface area contributed by atoms with Gasteiger partial charge in [-0.25, -0.2) is 14.4 Å². The average molecular weight is 449 g/mol. The number of hydrogen-bond donors (Lipinski definition) is 3. The highest BCUT2D eigenvalue weighted by Crippen LogP contribution is 2.33. The van der Waals surface area contributed by atoms with E-state index in [9.17, 15) is 9.18 Å². The molecule has 1 amide bonds. The standard InChI is InChI=1S/C22H20FN7O3/c23-16-8-24-22(25-12-1-3-13(4-2-12)30-9-15-7-14(30)10-32-15)29-20(16)26-18-6-5-17-21(27-18)28-19(31)11-33-17/h1-6,8,14-15H,7,9-11H2,(H3,24,25,26,27,28,29,31)/t14-,15+/m1/s1. The topological polar surface area (TPSA) is 114 Å². The van der Waals surface area contributed by atoms with Gasteiger partial charge in [0.25, 0.3) is 5.91 Å². The number of rotatable bonds is 5. The predicted octanol–water partition coefficient (Wildman–Crippen LogP) is 2.81. The number of morpholine rings is 1. The molecular formula is C22H20FN7O3.